The van der Waals surface area contributed by atoms with Crippen LogP contribution in [-0.2, 0) is 22.6 Å². The summed E-state index contributed by atoms with van der Waals surface area (Å²) in [4.78, 5) is 39.3. The maximum absolute atomic E-state index is 13.4. The van der Waals surface area contributed by atoms with Gasteiger partial charge in [-0.05, 0) is 31.0 Å². The van der Waals surface area contributed by atoms with Crippen molar-refractivity contribution >= 4 is 22.5 Å². The molecule has 2 aromatic carbocycles. The maximum Gasteiger partial charge on any atom is 0.332 e. The van der Waals surface area contributed by atoms with Crippen LogP contribution in [0.5, 0.6) is 11.5 Å². The number of carbonyl (C=O) groups is 1. The minimum absolute atomic E-state index is 0.127. The van der Waals surface area contributed by atoms with Crippen molar-refractivity contribution in [2.75, 3.05) is 26.1 Å². The van der Waals surface area contributed by atoms with Crippen molar-refractivity contribution in [1.82, 2.24) is 9.13 Å². The lowest BCUT2D eigenvalue weighted by Gasteiger charge is -2.18. The molecule has 9 nitrogen and oxygen atoms in total. The Hall–Kier alpha value is -3.59. The van der Waals surface area contributed by atoms with E-state index in [2.05, 4.69) is 5.32 Å². The van der Waals surface area contributed by atoms with Gasteiger partial charge in [-0.1, -0.05) is 18.2 Å². The molecule has 1 atom stereocenters. The quantitative estimate of drug-likeness (QED) is 0.604. The van der Waals surface area contributed by atoms with Gasteiger partial charge in [0.05, 0.1) is 37.8 Å². The topological polar surface area (TPSA) is 101 Å². The van der Waals surface area contributed by atoms with Crippen LogP contribution < -0.4 is 26.0 Å². The van der Waals surface area contributed by atoms with Gasteiger partial charge in [0.25, 0.3) is 5.56 Å². The third kappa shape index (κ3) is 4.24. The molecule has 32 heavy (non-hydrogen) atoms. The van der Waals surface area contributed by atoms with E-state index in [-0.39, 0.29) is 24.6 Å². The normalized spacial score (nSPS) is 15.6. The lowest BCUT2D eigenvalue weighted by Crippen LogP contribution is -2.43. The Morgan fingerprint density at radius 3 is 2.47 bits per heavy atom. The molecular formula is C23H25N3O6. The van der Waals surface area contributed by atoms with E-state index in [1.165, 1.54) is 24.9 Å². The smallest absolute Gasteiger partial charge is 0.332 e. The fourth-order valence-corrected chi connectivity index (χ4v) is 3.92. The highest BCUT2D eigenvalue weighted by Crippen LogP contribution is 2.30. The zero-order chi connectivity index (χ0) is 22.7. The summed E-state index contributed by atoms with van der Waals surface area (Å²) in [6, 6.07) is 12.0. The number of hydrogen-bond acceptors (Lipinski definition) is 6. The first kappa shape index (κ1) is 21.6. The van der Waals surface area contributed by atoms with Crippen LogP contribution in [0.15, 0.2) is 52.1 Å². The summed E-state index contributed by atoms with van der Waals surface area (Å²) in [5.41, 5.74) is -0.124. The molecule has 1 fully saturated rings. The van der Waals surface area contributed by atoms with E-state index in [0.717, 1.165) is 17.4 Å². The molecule has 9 heteroatoms. The highest BCUT2D eigenvalue weighted by Gasteiger charge is 2.22. The standard InChI is InChI=1S/C23H25N3O6/c1-30-19-11-17-18(12-20(19)31-2)25(14-21(27)24-15-7-4-3-5-8-15)23(29)26(22(17)28)13-16-9-6-10-32-16/h3-5,7-8,11-12,16H,6,9-10,13-14H2,1-2H3,(H,24,27)/t16-/m0/s1. The summed E-state index contributed by atoms with van der Waals surface area (Å²) >= 11 is 0. The molecule has 1 aliphatic rings. The number of anilines is 1. The fraction of sp³-hybridized carbons (Fsp3) is 0.348. The highest BCUT2D eigenvalue weighted by atomic mass is 16.5. The molecule has 1 aliphatic heterocycles. The number of ether oxygens (including phenoxy) is 3. The summed E-state index contributed by atoms with van der Waals surface area (Å²) in [6.45, 7) is 0.458. The van der Waals surface area contributed by atoms with Crippen LogP contribution in [0.4, 0.5) is 5.69 Å². The van der Waals surface area contributed by atoms with Gasteiger partial charge in [0.15, 0.2) is 11.5 Å². The first-order valence-corrected chi connectivity index (χ1v) is 10.4. The average Bonchev–Trinajstić information content (AvgIpc) is 3.32. The molecule has 0 aliphatic carbocycles. The molecule has 168 valence electrons. The minimum atomic E-state index is -0.576. The zero-order valence-electron chi connectivity index (χ0n) is 18.0. The summed E-state index contributed by atoms with van der Waals surface area (Å²) in [5.74, 6) is 0.323. The summed E-state index contributed by atoms with van der Waals surface area (Å²) in [7, 11) is 2.94. The number of nitrogens with one attached hydrogen (secondary N) is 1. The lowest BCUT2D eigenvalue weighted by atomic mass is 10.2. The van der Waals surface area contributed by atoms with Gasteiger partial charge < -0.3 is 19.5 Å². The number of hydrogen-bond donors (Lipinski definition) is 1. The van der Waals surface area contributed by atoms with Crippen molar-refractivity contribution in [2.24, 2.45) is 0 Å². The van der Waals surface area contributed by atoms with Crippen LogP contribution in [0.3, 0.4) is 0 Å². The predicted molar refractivity (Wildman–Crippen MR) is 120 cm³/mol. The lowest BCUT2D eigenvalue weighted by molar-refractivity contribution is -0.116. The highest BCUT2D eigenvalue weighted by molar-refractivity contribution is 5.92. The first-order valence-electron chi connectivity index (χ1n) is 10.4. The molecular weight excluding hydrogens is 414 g/mol. The third-order valence-corrected chi connectivity index (χ3v) is 5.50. The molecule has 1 aromatic heterocycles. The average molecular weight is 439 g/mol. The number of rotatable bonds is 7. The Balaban J connectivity index is 1.83. The number of nitrogens with zero attached hydrogens (tertiary/aromatic N) is 2. The molecule has 0 radical (unpaired) electrons. The van der Waals surface area contributed by atoms with Gasteiger partial charge in [0.1, 0.15) is 6.54 Å². The van der Waals surface area contributed by atoms with Gasteiger partial charge in [-0.25, -0.2) is 4.79 Å². The maximum atomic E-state index is 13.4. The van der Waals surface area contributed by atoms with E-state index in [0.29, 0.717) is 29.3 Å². The zero-order valence-corrected chi connectivity index (χ0v) is 18.0. The number of methoxy groups -OCH3 is 2. The number of aromatic nitrogens is 2. The van der Waals surface area contributed by atoms with Crippen LogP contribution in [0.1, 0.15) is 12.8 Å². The molecule has 1 N–H and O–H groups in total. The van der Waals surface area contributed by atoms with Crippen molar-refractivity contribution in [3.8, 4) is 11.5 Å². The number of para-hydroxylation sites is 1. The van der Waals surface area contributed by atoms with Crippen LogP contribution in [0, 0.1) is 0 Å². The van der Waals surface area contributed by atoms with Crippen molar-refractivity contribution in [3.63, 3.8) is 0 Å². The Bertz CT molecular complexity index is 1240. The first-order chi connectivity index (χ1) is 15.5. The Labute approximate surface area is 184 Å². The number of fused-ring (bicyclic) bond motifs is 1. The molecule has 2 heterocycles. The van der Waals surface area contributed by atoms with Gasteiger partial charge in [-0.15, -0.1) is 0 Å². The van der Waals surface area contributed by atoms with Gasteiger partial charge >= 0.3 is 5.69 Å². The Morgan fingerprint density at radius 2 is 1.81 bits per heavy atom. The SMILES string of the molecule is COc1cc2c(=O)n(C[C@@H]3CCCO3)c(=O)n(CC(=O)Nc3ccccc3)c2cc1OC. The summed E-state index contributed by atoms with van der Waals surface area (Å²) in [6.07, 6.45) is 1.43. The van der Waals surface area contributed by atoms with E-state index < -0.39 is 17.2 Å². The fourth-order valence-electron chi connectivity index (χ4n) is 3.92. The van der Waals surface area contributed by atoms with E-state index >= 15 is 0 Å². The van der Waals surface area contributed by atoms with E-state index in [4.69, 9.17) is 14.2 Å². The third-order valence-electron chi connectivity index (χ3n) is 5.50. The molecule has 3 aromatic rings. The van der Waals surface area contributed by atoms with Crippen molar-refractivity contribution in [1.29, 1.82) is 0 Å². The van der Waals surface area contributed by atoms with Gasteiger partial charge in [0, 0.05) is 18.4 Å². The second kappa shape index (κ2) is 9.27. The second-order valence-corrected chi connectivity index (χ2v) is 7.56. The monoisotopic (exact) mass is 439 g/mol. The summed E-state index contributed by atoms with van der Waals surface area (Å²) < 4.78 is 18.7. The molecule has 1 saturated heterocycles. The van der Waals surface area contributed by atoms with Gasteiger partial charge in [-0.3, -0.25) is 18.7 Å². The van der Waals surface area contributed by atoms with Crippen molar-refractivity contribution < 1.29 is 19.0 Å². The van der Waals surface area contributed by atoms with E-state index in [9.17, 15) is 14.4 Å². The molecule has 4 rings (SSSR count). The van der Waals surface area contributed by atoms with Crippen LogP contribution >= 0.6 is 0 Å². The van der Waals surface area contributed by atoms with Gasteiger partial charge in [0.2, 0.25) is 5.91 Å². The largest absolute Gasteiger partial charge is 0.493 e. The van der Waals surface area contributed by atoms with Crippen LogP contribution in [-0.4, -0.2) is 42.0 Å². The molecule has 0 saturated carbocycles. The molecule has 0 unspecified atom stereocenters. The number of carbonyl (C=O) groups excluding carboxylic acids is 1. The second-order valence-electron chi connectivity index (χ2n) is 7.56. The molecule has 1 amide bonds. The van der Waals surface area contributed by atoms with Crippen LogP contribution in [0.25, 0.3) is 10.9 Å². The van der Waals surface area contributed by atoms with Gasteiger partial charge in [-0.2, -0.15) is 0 Å². The Kier molecular flexibility index (Phi) is 6.27. The van der Waals surface area contributed by atoms with Crippen molar-refractivity contribution in [3.05, 3.63) is 63.3 Å². The molecule has 0 spiro atoms. The number of amides is 1. The van der Waals surface area contributed by atoms with E-state index in [1.54, 1.807) is 30.3 Å². The minimum Gasteiger partial charge on any atom is -0.493 e. The summed E-state index contributed by atoms with van der Waals surface area (Å²) in [5, 5.41) is 3.03. The molecule has 0 bridgehead atoms. The van der Waals surface area contributed by atoms with E-state index in [1.807, 2.05) is 6.07 Å². The van der Waals surface area contributed by atoms with Crippen LogP contribution in [0.2, 0.25) is 0 Å². The Morgan fingerprint density at radius 1 is 1.09 bits per heavy atom. The number of benzene rings is 2. The van der Waals surface area contributed by atoms with Crippen molar-refractivity contribution in [2.45, 2.75) is 32.0 Å². The predicted octanol–water partition coefficient (Wildman–Crippen LogP) is 2.00.